The van der Waals surface area contributed by atoms with Gasteiger partial charge in [0, 0.05) is 38.8 Å². The van der Waals surface area contributed by atoms with Gasteiger partial charge in [-0.25, -0.2) is 0 Å². The topological polar surface area (TPSA) is 27.7 Å². The van der Waals surface area contributed by atoms with Gasteiger partial charge in [-0.05, 0) is 44.2 Å². The minimum Gasteiger partial charge on any atom is -0.379 e. The minimum atomic E-state index is 0.727. The van der Waals surface area contributed by atoms with Gasteiger partial charge in [-0.15, -0.1) is 0 Å². The lowest BCUT2D eigenvalue weighted by atomic mass is 9.89. The molecular weight excluding hydrogens is 250 g/mol. The van der Waals surface area contributed by atoms with Crippen LogP contribution in [-0.4, -0.2) is 74.9 Å². The van der Waals surface area contributed by atoms with Crippen LogP contribution in [0.1, 0.15) is 26.2 Å². The van der Waals surface area contributed by atoms with E-state index in [1.165, 1.54) is 52.0 Å². The van der Waals surface area contributed by atoms with Gasteiger partial charge in [0.15, 0.2) is 0 Å². The van der Waals surface area contributed by atoms with E-state index in [2.05, 4.69) is 22.0 Å². The van der Waals surface area contributed by atoms with Crippen molar-refractivity contribution in [3.63, 3.8) is 0 Å². The number of hydrogen-bond donors (Lipinski definition) is 1. The Morgan fingerprint density at radius 3 is 2.80 bits per heavy atom. The highest BCUT2D eigenvalue weighted by atomic mass is 16.5. The molecule has 3 saturated heterocycles. The smallest absolute Gasteiger partial charge is 0.0594 e. The number of morpholine rings is 1. The van der Waals surface area contributed by atoms with Gasteiger partial charge in [0.1, 0.15) is 0 Å². The second-order valence-electron chi connectivity index (χ2n) is 6.98. The molecule has 0 amide bonds. The molecule has 0 radical (unpaired) electrons. The van der Waals surface area contributed by atoms with Gasteiger partial charge in [-0.2, -0.15) is 0 Å². The van der Waals surface area contributed by atoms with Crippen LogP contribution in [0.5, 0.6) is 0 Å². The molecule has 3 aliphatic rings. The molecule has 0 aliphatic carbocycles. The molecule has 0 aromatic heterocycles. The SMILES string of the molecule is CC1CCCN(CC2CCNCC2N2CCOCC2)C1. The lowest BCUT2D eigenvalue weighted by Gasteiger charge is -2.44. The van der Waals surface area contributed by atoms with Crippen molar-refractivity contribution in [1.82, 2.24) is 15.1 Å². The van der Waals surface area contributed by atoms with E-state index in [1.54, 1.807) is 0 Å². The monoisotopic (exact) mass is 281 g/mol. The van der Waals surface area contributed by atoms with Gasteiger partial charge in [0.05, 0.1) is 13.2 Å². The third-order valence-corrected chi connectivity index (χ3v) is 5.34. The van der Waals surface area contributed by atoms with Gasteiger partial charge < -0.3 is 15.0 Å². The molecule has 3 rings (SSSR count). The zero-order valence-electron chi connectivity index (χ0n) is 13.0. The van der Waals surface area contributed by atoms with Crippen molar-refractivity contribution in [2.45, 2.75) is 32.2 Å². The first-order valence-electron chi connectivity index (χ1n) is 8.58. The highest BCUT2D eigenvalue weighted by Crippen LogP contribution is 2.23. The second kappa shape index (κ2) is 7.21. The predicted molar refractivity (Wildman–Crippen MR) is 82.0 cm³/mol. The average Bonchev–Trinajstić information content (AvgIpc) is 2.49. The van der Waals surface area contributed by atoms with Crippen molar-refractivity contribution < 1.29 is 4.74 Å². The summed E-state index contributed by atoms with van der Waals surface area (Å²) in [6.07, 6.45) is 4.16. The Morgan fingerprint density at radius 2 is 2.00 bits per heavy atom. The van der Waals surface area contributed by atoms with Crippen molar-refractivity contribution in [2.24, 2.45) is 11.8 Å². The van der Waals surface area contributed by atoms with E-state index >= 15 is 0 Å². The van der Waals surface area contributed by atoms with E-state index in [0.29, 0.717) is 0 Å². The van der Waals surface area contributed by atoms with Crippen molar-refractivity contribution >= 4 is 0 Å². The third kappa shape index (κ3) is 3.73. The van der Waals surface area contributed by atoms with Crippen LogP contribution in [0.15, 0.2) is 0 Å². The van der Waals surface area contributed by atoms with Crippen LogP contribution in [0.4, 0.5) is 0 Å². The lowest BCUT2D eigenvalue weighted by Crippen LogP contribution is -2.57. The maximum atomic E-state index is 5.52. The molecule has 3 atom stereocenters. The summed E-state index contributed by atoms with van der Waals surface area (Å²) in [5.41, 5.74) is 0. The molecule has 0 aromatic rings. The molecule has 0 bridgehead atoms. The summed E-state index contributed by atoms with van der Waals surface area (Å²) in [6.45, 7) is 12.8. The Bertz CT molecular complexity index is 293. The number of ether oxygens (including phenoxy) is 1. The highest BCUT2D eigenvalue weighted by molar-refractivity contribution is 4.89. The number of hydrogen-bond acceptors (Lipinski definition) is 4. The summed E-state index contributed by atoms with van der Waals surface area (Å²) in [5, 5.41) is 3.61. The fourth-order valence-electron chi connectivity index (χ4n) is 4.23. The van der Waals surface area contributed by atoms with Crippen LogP contribution < -0.4 is 5.32 Å². The number of rotatable bonds is 3. The Labute approximate surface area is 123 Å². The molecule has 20 heavy (non-hydrogen) atoms. The lowest BCUT2D eigenvalue weighted by molar-refractivity contribution is -0.0105. The third-order valence-electron chi connectivity index (χ3n) is 5.34. The Kier molecular flexibility index (Phi) is 5.32. The molecular formula is C16H31N3O. The molecule has 4 heteroatoms. The molecule has 116 valence electrons. The fourth-order valence-corrected chi connectivity index (χ4v) is 4.23. The summed E-state index contributed by atoms with van der Waals surface area (Å²) in [5.74, 6) is 1.74. The van der Waals surface area contributed by atoms with E-state index in [1.807, 2.05) is 0 Å². The maximum Gasteiger partial charge on any atom is 0.0594 e. The molecule has 3 unspecified atom stereocenters. The minimum absolute atomic E-state index is 0.727. The van der Waals surface area contributed by atoms with Gasteiger partial charge in [-0.1, -0.05) is 6.92 Å². The first kappa shape index (κ1) is 14.8. The quantitative estimate of drug-likeness (QED) is 0.836. The number of piperidine rings is 2. The van der Waals surface area contributed by atoms with Crippen LogP contribution in [0.3, 0.4) is 0 Å². The summed E-state index contributed by atoms with van der Waals surface area (Å²) in [4.78, 5) is 5.41. The highest BCUT2D eigenvalue weighted by Gasteiger charge is 2.32. The van der Waals surface area contributed by atoms with E-state index < -0.39 is 0 Å². The molecule has 4 nitrogen and oxygen atoms in total. The molecule has 3 aliphatic heterocycles. The molecule has 3 heterocycles. The van der Waals surface area contributed by atoms with Crippen molar-refractivity contribution in [1.29, 1.82) is 0 Å². The standard InChI is InChI=1S/C16H31N3O/c1-14-3-2-6-18(12-14)13-15-4-5-17-11-16(15)19-7-9-20-10-8-19/h14-17H,2-13H2,1H3. The second-order valence-corrected chi connectivity index (χ2v) is 6.98. The Hall–Kier alpha value is -0.160. The first-order valence-corrected chi connectivity index (χ1v) is 8.58. The van der Waals surface area contributed by atoms with E-state index in [9.17, 15) is 0 Å². The number of likely N-dealkylation sites (tertiary alicyclic amines) is 1. The molecule has 0 aromatic carbocycles. The van der Waals surface area contributed by atoms with E-state index in [4.69, 9.17) is 4.74 Å². The van der Waals surface area contributed by atoms with Crippen LogP contribution in [0.2, 0.25) is 0 Å². The van der Waals surface area contributed by atoms with Crippen molar-refractivity contribution in [3.05, 3.63) is 0 Å². The van der Waals surface area contributed by atoms with Crippen molar-refractivity contribution in [2.75, 3.05) is 59.0 Å². The van der Waals surface area contributed by atoms with E-state index in [-0.39, 0.29) is 0 Å². The summed E-state index contributed by atoms with van der Waals surface area (Å²) >= 11 is 0. The zero-order chi connectivity index (χ0) is 13.8. The Balaban J connectivity index is 1.56. The van der Waals surface area contributed by atoms with Crippen LogP contribution in [0, 0.1) is 11.8 Å². The fraction of sp³-hybridized carbons (Fsp3) is 1.00. The Morgan fingerprint density at radius 1 is 1.15 bits per heavy atom. The molecule has 3 fully saturated rings. The predicted octanol–water partition coefficient (Wildman–Crippen LogP) is 1.03. The van der Waals surface area contributed by atoms with Gasteiger partial charge in [-0.3, -0.25) is 4.90 Å². The number of nitrogens with zero attached hydrogens (tertiary/aromatic N) is 2. The summed E-state index contributed by atoms with van der Waals surface area (Å²) in [7, 11) is 0. The zero-order valence-corrected chi connectivity index (χ0v) is 13.0. The van der Waals surface area contributed by atoms with Crippen LogP contribution in [-0.2, 0) is 4.74 Å². The molecule has 1 N–H and O–H groups in total. The molecule has 0 spiro atoms. The number of nitrogens with one attached hydrogen (secondary N) is 1. The van der Waals surface area contributed by atoms with Gasteiger partial charge in [0.2, 0.25) is 0 Å². The van der Waals surface area contributed by atoms with Crippen LogP contribution >= 0.6 is 0 Å². The molecule has 0 saturated carbocycles. The van der Waals surface area contributed by atoms with Crippen molar-refractivity contribution in [3.8, 4) is 0 Å². The summed E-state index contributed by atoms with van der Waals surface area (Å²) in [6, 6.07) is 0.727. The largest absolute Gasteiger partial charge is 0.379 e. The van der Waals surface area contributed by atoms with Gasteiger partial charge in [0.25, 0.3) is 0 Å². The maximum absolute atomic E-state index is 5.52. The average molecular weight is 281 g/mol. The van der Waals surface area contributed by atoms with Crippen LogP contribution in [0.25, 0.3) is 0 Å². The van der Waals surface area contributed by atoms with Gasteiger partial charge >= 0.3 is 0 Å². The summed E-state index contributed by atoms with van der Waals surface area (Å²) < 4.78 is 5.52. The van der Waals surface area contributed by atoms with E-state index in [0.717, 1.165) is 44.2 Å². The first-order chi connectivity index (χ1) is 9.83. The normalized spacial score (nSPS) is 38.0.